The molecule has 7 heteroatoms. The monoisotopic (exact) mass is 398 g/mol. The minimum atomic E-state index is -4.82. The molecular weight excluding hydrogens is 376 g/mol. The van der Waals surface area contributed by atoms with Crippen molar-refractivity contribution in [2.75, 3.05) is 0 Å². The van der Waals surface area contributed by atoms with Crippen LogP contribution in [0.15, 0.2) is 42.5 Å². The van der Waals surface area contributed by atoms with E-state index in [9.17, 15) is 22.4 Å². The van der Waals surface area contributed by atoms with Gasteiger partial charge in [0.25, 0.3) is 0 Å². The third-order valence-corrected chi connectivity index (χ3v) is 4.97. The van der Waals surface area contributed by atoms with Crippen LogP contribution in [-0.4, -0.2) is 12.3 Å². The third-order valence-electron chi connectivity index (χ3n) is 4.97. The smallest absolute Gasteiger partial charge is 0.420 e. The van der Waals surface area contributed by atoms with Gasteiger partial charge in [-0.25, -0.2) is 9.18 Å². The van der Waals surface area contributed by atoms with Crippen LogP contribution >= 0.6 is 0 Å². The zero-order chi connectivity index (χ0) is 20.3. The second kappa shape index (κ2) is 8.20. The molecular formula is C21H22F4O3. The highest BCUT2D eigenvalue weighted by Gasteiger charge is 2.31. The molecule has 2 aromatic rings. The van der Waals surface area contributed by atoms with Gasteiger partial charge in [0.1, 0.15) is 5.75 Å². The summed E-state index contributed by atoms with van der Waals surface area (Å²) in [4.78, 5) is 12.1. The maximum absolute atomic E-state index is 14.4. The lowest BCUT2D eigenvalue weighted by Gasteiger charge is -2.26. The molecule has 0 atom stereocenters. The van der Waals surface area contributed by atoms with Gasteiger partial charge in [-0.15, -0.1) is 13.2 Å². The zero-order valence-electron chi connectivity index (χ0n) is 15.3. The van der Waals surface area contributed by atoms with E-state index < -0.39 is 23.9 Å². The molecule has 1 fully saturated rings. The SMILES string of the molecule is CC1CCC(c2ccc(OC(=O)c3ccc(OC(F)(F)F)cc3)c(F)c2)CC1.[HH]. The van der Waals surface area contributed by atoms with Crippen LogP contribution in [0.1, 0.15) is 55.9 Å². The lowest BCUT2D eigenvalue weighted by Crippen LogP contribution is -2.17. The molecule has 1 saturated carbocycles. The lowest BCUT2D eigenvalue weighted by atomic mass is 9.79. The molecule has 0 spiro atoms. The molecule has 2 aromatic carbocycles. The Bertz CT molecular complexity index is 829. The second-order valence-corrected chi connectivity index (χ2v) is 7.11. The number of halogens is 4. The van der Waals surface area contributed by atoms with Gasteiger partial charge in [0, 0.05) is 1.43 Å². The molecule has 0 heterocycles. The number of benzene rings is 2. The Labute approximate surface area is 161 Å². The summed E-state index contributed by atoms with van der Waals surface area (Å²) in [6, 6.07) is 8.80. The summed E-state index contributed by atoms with van der Waals surface area (Å²) in [6.07, 6.45) is -0.588. The number of rotatable bonds is 4. The highest BCUT2D eigenvalue weighted by atomic mass is 19.4. The standard InChI is InChI=1S/C21H20F4O3.H2/c1-13-2-4-14(5-3-13)16-8-11-19(18(22)12-16)27-20(26)15-6-9-17(10-7-15)28-21(23,24)25;/h6-14H,2-5H2,1H3;1H. The first-order valence-corrected chi connectivity index (χ1v) is 9.08. The van der Waals surface area contributed by atoms with Gasteiger partial charge in [0.15, 0.2) is 11.6 Å². The van der Waals surface area contributed by atoms with Crippen LogP contribution in [0.3, 0.4) is 0 Å². The van der Waals surface area contributed by atoms with E-state index in [1.807, 2.05) is 0 Å². The predicted octanol–water partition coefficient (Wildman–Crippen LogP) is 6.48. The van der Waals surface area contributed by atoms with Crippen molar-refractivity contribution in [3.05, 3.63) is 59.4 Å². The zero-order valence-corrected chi connectivity index (χ0v) is 15.3. The van der Waals surface area contributed by atoms with Crippen molar-refractivity contribution < 1.29 is 33.3 Å². The number of carbonyl (C=O) groups is 1. The fourth-order valence-electron chi connectivity index (χ4n) is 3.40. The topological polar surface area (TPSA) is 35.5 Å². The molecule has 0 unspecified atom stereocenters. The van der Waals surface area contributed by atoms with E-state index in [0.29, 0.717) is 11.8 Å². The maximum Gasteiger partial charge on any atom is 0.573 e. The van der Waals surface area contributed by atoms with Gasteiger partial charge >= 0.3 is 12.3 Å². The third kappa shape index (κ3) is 5.24. The number of ether oxygens (including phenoxy) is 2. The van der Waals surface area contributed by atoms with Gasteiger partial charge in [-0.05, 0) is 66.6 Å². The number of hydrogen-bond acceptors (Lipinski definition) is 3. The molecule has 0 N–H and O–H groups in total. The largest absolute Gasteiger partial charge is 0.573 e. The predicted molar refractivity (Wildman–Crippen MR) is 97.0 cm³/mol. The lowest BCUT2D eigenvalue weighted by molar-refractivity contribution is -0.274. The fourth-order valence-corrected chi connectivity index (χ4v) is 3.40. The maximum atomic E-state index is 14.4. The summed E-state index contributed by atoms with van der Waals surface area (Å²) < 4.78 is 59.7. The van der Waals surface area contributed by atoms with E-state index in [-0.39, 0.29) is 12.7 Å². The van der Waals surface area contributed by atoms with Gasteiger partial charge in [0.2, 0.25) is 0 Å². The van der Waals surface area contributed by atoms with Crippen LogP contribution in [0.2, 0.25) is 0 Å². The van der Waals surface area contributed by atoms with Crippen molar-refractivity contribution in [2.24, 2.45) is 5.92 Å². The Kier molecular flexibility index (Phi) is 5.91. The molecule has 1 aliphatic carbocycles. The van der Waals surface area contributed by atoms with Crippen LogP contribution in [0.4, 0.5) is 17.6 Å². The van der Waals surface area contributed by atoms with E-state index in [1.54, 1.807) is 6.07 Å². The Hall–Kier alpha value is -2.57. The summed E-state index contributed by atoms with van der Waals surface area (Å²) in [6.45, 7) is 2.21. The van der Waals surface area contributed by atoms with Crippen LogP contribution in [0.5, 0.6) is 11.5 Å². The summed E-state index contributed by atoms with van der Waals surface area (Å²) in [5.74, 6) is -1.18. The molecule has 1 aliphatic rings. The van der Waals surface area contributed by atoms with Gasteiger partial charge in [-0.1, -0.05) is 25.8 Å². The first-order valence-electron chi connectivity index (χ1n) is 9.08. The minimum Gasteiger partial charge on any atom is -0.420 e. The van der Waals surface area contributed by atoms with Gasteiger partial charge < -0.3 is 9.47 Å². The van der Waals surface area contributed by atoms with Gasteiger partial charge in [-0.2, -0.15) is 0 Å². The Balaban J connectivity index is 0.00000300. The van der Waals surface area contributed by atoms with Crippen LogP contribution < -0.4 is 9.47 Å². The Morgan fingerprint density at radius 1 is 1.04 bits per heavy atom. The minimum absolute atomic E-state index is 0. The molecule has 0 aliphatic heterocycles. The van der Waals surface area contributed by atoms with E-state index in [4.69, 9.17) is 4.74 Å². The Morgan fingerprint density at radius 3 is 2.25 bits per heavy atom. The summed E-state index contributed by atoms with van der Waals surface area (Å²) in [5.41, 5.74) is 0.872. The van der Waals surface area contributed by atoms with Crippen molar-refractivity contribution in [2.45, 2.75) is 44.9 Å². The summed E-state index contributed by atoms with van der Waals surface area (Å²) in [5, 5.41) is 0. The first kappa shape index (κ1) is 20.2. The van der Waals surface area contributed by atoms with Crippen molar-refractivity contribution >= 4 is 5.97 Å². The highest BCUT2D eigenvalue weighted by molar-refractivity contribution is 5.91. The summed E-state index contributed by atoms with van der Waals surface area (Å²) >= 11 is 0. The number of carbonyl (C=O) groups excluding carboxylic acids is 1. The molecule has 0 amide bonds. The molecule has 3 nitrogen and oxygen atoms in total. The van der Waals surface area contributed by atoms with Gasteiger partial charge in [-0.3, -0.25) is 0 Å². The average Bonchev–Trinajstić information content (AvgIpc) is 2.63. The van der Waals surface area contributed by atoms with Crippen molar-refractivity contribution in [3.8, 4) is 11.5 Å². The number of esters is 1. The molecule has 0 aromatic heterocycles. The van der Waals surface area contributed by atoms with Crippen LogP contribution in [0.25, 0.3) is 0 Å². The van der Waals surface area contributed by atoms with E-state index in [2.05, 4.69) is 11.7 Å². The highest BCUT2D eigenvalue weighted by Crippen LogP contribution is 2.36. The van der Waals surface area contributed by atoms with Crippen LogP contribution in [-0.2, 0) is 0 Å². The molecule has 152 valence electrons. The quantitative estimate of drug-likeness (QED) is 0.336. The number of hydrogen-bond donors (Lipinski definition) is 0. The molecule has 0 saturated heterocycles. The van der Waals surface area contributed by atoms with Crippen molar-refractivity contribution in [1.82, 2.24) is 0 Å². The van der Waals surface area contributed by atoms with E-state index in [0.717, 1.165) is 55.5 Å². The van der Waals surface area contributed by atoms with E-state index >= 15 is 0 Å². The second-order valence-electron chi connectivity index (χ2n) is 7.11. The first-order chi connectivity index (χ1) is 13.2. The average molecular weight is 398 g/mol. The van der Waals surface area contributed by atoms with Gasteiger partial charge in [0.05, 0.1) is 5.56 Å². The number of alkyl halides is 3. The Morgan fingerprint density at radius 2 is 1.68 bits per heavy atom. The van der Waals surface area contributed by atoms with Crippen molar-refractivity contribution in [1.29, 1.82) is 0 Å². The molecule has 3 rings (SSSR count). The molecule has 0 radical (unpaired) electrons. The van der Waals surface area contributed by atoms with Crippen LogP contribution in [0, 0.1) is 11.7 Å². The van der Waals surface area contributed by atoms with Crippen molar-refractivity contribution in [3.63, 3.8) is 0 Å². The summed E-state index contributed by atoms with van der Waals surface area (Å²) in [7, 11) is 0. The van der Waals surface area contributed by atoms with E-state index in [1.165, 1.54) is 12.1 Å². The fraction of sp³-hybridized carbons (Fsp3) is 0.381. The molecule has 0 bridgehead atoms. The molecule has 28 heavy (non-hydrogen) atoms. The normalized spacial score (nSPS) is 19.9.